The molecular formula is C16H21NO3. The van der Waals surface area contributed by atoms with E-state index in [0.717, 1.165) is 18.8 Å². The molecule has 3 saturated carbocycles. The topological polar surface area (TPSA) is 66.4 Å². The summed E-state index contributed by atoms with van der Waals surface area (Å²) in [5, 5.41) is 12.6. The van der Waals surface area contributed by atoms with Crippen LogP contribution >= 0.6 is 0 Å². The van der Waals surface area contributed by atoms with Crippen LogP contribution in [0.15, 0.2) is 12.2 Å². The van der Waals surface area contributed by atoms with Gasteiger partial charge in [-0.1, -0.05) is 18.6 Å². The van der Waals surface area contributed by atoms with Crippen molar-refractivity contribution in [1.82, 2.24) is 5.32 Å². The fourth-order valence-corrected chi connectivity index (χ4v) is 5.22. The van der Waals surface area contributed by atoms with Gasteiger partial charge in [-0.25, -0.2) is 0 Å². The average Bonchev–Trinajstić information content (AvgIpc) is 3.16. The summed E-state index contributed by atoms with van der Waals surface area (Å²) in [6.07, 6.45) is 9.78. The Balaban J connectivity index is 1.48. The first-order valence-electron chi connectivity index (χ1n) is 7.85. The molecule has 108 valence electrons. The van der Waals surface area contributed by atoms with Crippen LogP contribution in [-0.4, -0.2) is 23.0 Å². The minimum atomic E-state index is -0.810. The zero-order valence-electron chi connectivity index (χ0n) is 11.5. The molecule has 4 aliphatic rings. The molecule has 0 saturated heterocycles. The zero-order valence-corrected chi connectivity index (χ0v) is 11.5. The Labute approximate surface area is 118 Å². The molecule has 0 spiro atoms. The third kappa shape index (κ3) is 1.73. The number of rotatable bonds is 3. The summed E-state index contributed by atoms with van der Waals surface area (Å²) in [7, 11) is 0. The number of fused-ring (bicyclic) bond motifs is 4. The summed E-state index contributed by atoms with van der Waals surface area (Å²) in [6.45, 7) is 0. The van der Waals surface area contributed by atoms with E-state index in [1.807, 2.05) is 6.08 Å². The van der Waals surface area contributed by atoms with E-state index in [9.17, 15) is 14.7 Å². The molecule has 4 heteroatoms. The minimum Gasteiger partial charge on any atom is -0.481 e. The van der Waals surface area contributed by atoms with Gasteiger partial charge in [0.25, 0.3) is 0 Å². The van der Waals surface area contributed by atoms with Crippen molar-refractivity contribution in [2.75, 3.05) is 0 Å². The predicted octanol–water partition coefficient (Wildman–Crippen LogP) is 1.81. The molecule has 3 fully saturated rings. The second-order valence-corrected chi connectivity index (χ2v) is 7.13. The second-order valence-electron chi connectivity index (χ2n) is 7.13. The van der Waals surface area contributed by atoms with Gasteiger partial charge in [0.2, 0.25) is 5.91 Å². The van der Waals surface area contributed by atoms with Crippen molar-refractivity contribution in [3.8, 4) is 0 Å². The first-order valence-corrected chi connectivity index (χ1v) is 7.85. The van der Waals surface area contributed by atoms with Crippen molar-refractivity contribution in [2.24, 2.45) is 35.5 Å². The minimum absolute atomic E-state index is 0.00759. The Bertz CT molecular complexity index is 486. The average molecular weight is 275 g/mol. The molecule has 4 aliphatic carbocycles. The standard InChI is InChI=1S/C16H21NO3/c18-15(17-12-6-8-1-2-9(12)5-8)13-10-3-4-11(7-10)14(13)16(19)20/h3-4,8-14H,1-2,5-7H2,(H,17,18)(H,19,20)/t8-,9-,10-,11+,12-,13+,14-/m1/s1. The molecule has 4 bridgehead atoms. The van der Waals surface area contributed by atoms with E-state index in [2.05, 4.69) is 11.4 Å². The highest BCUT2D eigenvalue weighted by molar-refractivity contribution is 5.87. The lowest BCUT2D eigenvalue weighted by molar-refractivity contribution is -0.148. The molecule has 0 aliphatic heterocycles. The first-order chi connectivity index (χ1) is 9.63. The van der Waals surface area contributed by atoms with Crippen molar-refractivity contribution >= 4 is 11.9 Å². The third-order valence-electron chi connectivity index (χ3n) is 6.11. The van der Waals surface area contributed by atoms with E-state index >= 15 is 0 Å². The van der Waals surface area contributed by atoms with Gasteiger partial charge in [-0.2, -0.15) is 0 Å². The predicted molar refractivity (Wildman–Crippen MR) is 72.7 cm³/mol. The molecule has 7 atom stereocenters. The van der Waals surface area contributed by atoms with Gasteiger partial charge >= 0.3 is 5.97 Å². The number of hydrogen-bond acceptors (Lipinski definition) is 2. The van der Waals surface area contributed by atoms with E-state index in [1.165, 1.54) is 19.3 Å². The van der Waals surface area contributed by atoms with Crippen molar-refractivity contribution in [3.63, 3.8) is 0 Å². The normalized spacial score (nSPS) is 47.9. The fraction of sp³-hybridized carbons (Fsp3) is 0.750. The molecule has 1 amide bonds. The van der Waals surface area contributed by atoms with E-state index in [4.69, 9.17) is 0 Å². The molecule has 0 heterocycles. The van der Waals surface area contributed by atoms with E-state index in [-0.39, 0.29) is 23.7 Å². The van der Waals surface area contributed by atoms with Gasteiger partial charge in [-0.15, -0.1) is 0 Å². The summed E-state index contributed by atoms with van der Waals surface area (Å²) >= 11 is 0. The molecule has 0 unspecified atom stereocenters. The third-order valence-corrected chi connectivity index (χ3v) is 6.11. The lowest BCUT2D eigenvalue weighted by Crippen LogP contribution is -2.46. The fourth-order valence-electron chi connectivity index (χ4n) is 5.22. The van der Waals surface area contributed by atoms with E-state index in [1.54, 1.807) is 0 Å². The lowest BCUT2D eigenvalue weighted by atomic mass is 9.82. The summed E-state index contributed by atoms with van der Waals surface area (Å²) in [6, 6.07) is 0.304. The highest BCUT2D eigenvalue weighted by Crippen LogP contribution is 2.49. The van der Waals surface area contributed by atoms with E-state index < -0.39 is 11.9 Å². The molecule has 0 radical (unpaired) electrons. The smallest absolute Gasteiger partial charge is 0.307 e. The van der Waals surface area contributed by atoms with Gasteiger partial charge < -0.3 is 10.4 Å². The number of nitrogens with one attached hydrogen (secondary N) is 1. The molecule has 4 nitrogen and oxygen atoms in total. The molecule has 20 heavy (non-hydrogen) atoms. The first kappa shape index (κ1) is 12.4. The van der Waals surface area contributed by atoms with Crippen molar-refractivity contribution in [3.05, 3.63) is 12.2 Å². The van der Waals surface area contributed by atoms with Crippen molar-refractivity contribution in [1.29, 1.82) is 0 Å². The number of amides is 1. The summed E-state index contributed by atoms with van der Waals surface area (Å²) in [5.41, 5.74) is 0. The van der Waals surface area contributed by atoms with E-state index in [0.29, 0.717) is 12.0 Å². The summed E-state index contributed by atoms with van der Waals surface area (Å²) < 4.78 is 0. The van der Waals surface area contributed by atoms with Crippen molar-refractivity contribution in [2.45, 2.75) is 38.1 Å². The van der Waals surface area contributed by atoms with Crippen LogP contribution < -0.4 is 5.32 Å². The van der Waals surface area contributed by atoms with Crippen LogP contribution in [0.3, 0.4) is 0 Å². The molecular weight excluding hydrogens is 254 g/mol. The van der Waals surface area contributed by atoms with Crippen LogP contribution in [0.2, 0.25) is 0 Å². The highest BCUT2D eigenvalue weighted by Gasteiger charge is 2.52. The second kappa shape index (κ2) is 4.34. The molecule has 2 N–H and O–H groups in total. The van der Waals surface area contributed by atoms with Gasteiger partial charge in [-0.3, -0.25) is 9.59 Å². The molecule has 0 aromatic carbocycles. The lowest BCUT2D eigenvalue weighted by Gasteiger charge is -2.28. The summed E-state index contributed by atoms with van der Waals surface area (Å²) in [5.74, 6) is -0.0400. The van der Waals surface area contributed by atoms with Gasteiger partial charge in [0.1, 0.15) is 0 Å². The quantitative estimate of drug-likeness (QED) is 0.772. The number of aliphatic carboxylic acids is 1. The number of carbonyl (C=O) groups is 2. The molecule has 4 rings (SSSR count). The van der Waals surface area contributed by atoms with Crippen LogP contribution in [-0.2, 0) is 9.59 Å². The van der Waals surface area contributed by atoms with Gasteiger partial charge in [0.05, 0.1) is 11.8 Å². The zero-order chi connectivity index (χ0) is 13.9. The number of carboxylic acid groups (broad SMARTS) is 1. The maximum Gasteiger partial charge on any atom is 0.307 e. The SMILES string of the molecule is O=C(N[C@@H]1C[C@@H]2CC[C@@H]1C2)[C@@H]1[C@H](C(=O)O)[C@H]2C=C[C@@H]1C2. The number of hydrogen-bond donors (Lipinski definition) is 2. The Morgan fingerprint density at radius 3 is 2.35 bits per heavy atom. The maximum absolute atomic E-state index is 12.6. The largest absolute Gasteiger partial charge is 0.481 e. The Morgan fingerprint density at radius 1 is 1.00 bits per heavy atom. The number of allylic oxidation sites excluding steroid dienone is 2. The van der Waals surface area contributed by atoms with Gasteiger partial charge in [-0.05, 0) is 49.4 Å². The monoisotopic (exact) mass is 275 g/mol. The van der Waals surface area contributed by atoms with Gasteiger partial charge in [0, 0.05) is 6.04 Å². The number of carbonyl (C=O) groups excluding carboxylic acids is 1. The van der Waals surface area contributed by atoms with Crippen LogP contribution in [0, 0.1) is 35.5 Å². The highest BCUT2D eigenvalue weighted by atomic mass is 16.4. The van der Waals surface area contributed by atoms with Crippen molar-refractivity contribution < 1.29 is 14.7 Å². The van der Waals surface area contributed by atoms with Crippen LogP contribution in [0.4, 0.5) is 0 Å². The Kier molecular flexibility index (Phi) is 2.69. The Morgan fingerprint density at radius 2 is 1.75 bits per heavy atom. The summed E-state index contributed by atoms with van der Waals surface area (Å²) in [4.78, 5) is 24.0. The number of carboxylic acids is 1. The Hall–Kier alpha value is -1.32. The molecule has 0 aromatic rings. The van der Waals surface area contributed by atoms with Crippen LogP contribution in [0.5, 0.6) is 0 Å². The van der Waals surface area contributed by atoms with Crippen LogP contribution in [0.1, 0.15) is 32.1 Å². The van der Waals surface area contributed by atoms with Gasteiger partial charge in [0.15, 0.2) is 0 Å². The maximum atomic E-state index is 12.6. The molecule has 0 aromatic heterocycles. The van der Waals surface area contributed by atoms with Crippen LogP contribution in [0.25, 0.3) is 0 Å².